The van der Waals surface area contributed by atoms with Crippen LogP contribution in [0.3, 0.4) is 0 Å². The number of carbonyl (C=O) groups excluding carboxylic acids is 1. The van der Waals surface area contributed by atoms with Gasteiger partial charge in [0.25, 0.3) is 0 Å². The Hall–Kier alpha value is -1.86. The molecule has 4 rings (SSSR count). The highest BCUT2D eigenvalue weighted by atomic mass is 32.2. The van der Waals surface area contributed by atoms with Crippen molar-refractivity contribution in [3.63, 3.8) is 0 Å². The Bertz CT molecular complexity index is 926. The molecule has 6 nitrogen and oxygen atoms in total. The van der Waals surface area contributed by atoms with E-state index in [4.69, 9.17) is 4.42 Å². The molecule has 1 unspecified atom stereocenters. The maximum Gasteiger partial charge on any atom is 0.227 e. The maximum absolute atomic E-state index is 12.7. The van der Waals surface area contributed by atoms with E-state index >= 15 is 0 Å². The summed E-state index contributed by atoms with van der Waals surface area (Å²) in [6, 6.07) is 6.14. The molecule has 1 aromatic carbocycles. The van der Waals surface area contributed by atoms with E-state index in [2.05, 4.69) is 4.90 Å². The van der Waals surface area contributed by atoms with E-state index in [1.165, 1.54) is 0 Å². The van der Waals surface area contributed by atoms with Crippen molar-refractivity contribution in [1.29, 1.82) is 0 Å². The fourth-order valence-electron chi connectivity index (χ4n) is 4.00. The number of furan rings is 1. The van der Waals surface area contributed by atoms with Crippen LogP contribution in [0.1, 0.15) is 17.5 Å². The van der Waals surface area contributed by atoms with E-state index < -0.39 is 9.84 Å². The molecule has 7 heteroatoms. The summed E-state index contributed by atoms with van der Waals surface area (Å²) in [5.41, 5.74) is 2.88. The van der Waals surface area contributed by atoms with Crippen LogP contribution in [0.5, 0.6) is 0 Å². The molecule has 3 heterocycles. The Labute approximate surface area is 153 Å². The molecule has 0 spiro atoms. The molecule has 2 saturated heterocycles. The third kappa shape index (κ3) is 3.50. The first-order valence-corrected chi connectivity index (χ1v) is 10.9. The molecule has 2 aliphatic rings. The molecule has 0 radical (unpaired) electrons. The van der Waals surface area contributed by atoms with Gasteiger partial charge in [0.05, 0.1) is 24.2 Å². The van der Waals surface area contributed by atoms with Crippen LogP contribution in [0.15, 0.2) is 28.9 Å². The van der Waals surface area contributed by atoms with Crippen molar-refractivity contribution in [2.24, 2.45) is 0 Å². The van der Waals surface area contributed by atoms with E-state index in [1.807, 2.05) is 30.0 Å². The molecule has 2 fully saturated rings. The number of fused-ring (bicyclic) bond motifs is 1. The van der Waals surface area contributed by atoms with E-state index in [-0.39, 0.29) is 17.7 Å². The van der Waals surface area contributed by atoms with Gasteiger partial charge in [0, 0.05) is 43.2 Å². The van der Waals surface area contributed by atoms with Gasteiger partial charge < -0.3 is 9.32 Å². The highest BCUT2D eigenvalue weighted by molar-refractivity contribution is 7.91. The molecule has 0 aliphatic carbocycles. The largest absolute Gasteiger partial charge is 0.464 e. The average Bonchev–Trinajstić information content (AvgIpc) is 3.17. The van der Waals surface area contributed by atoms with Crippen LogP contribution in [0.4, 0.5) is 0 Å². The Kier molecular flexibility index (Phi) is 4.52. The van der Waals surface area contributed by atoms with Gasteiger partial charge in [0.2, 0.25) is 5.91 Å². The number of aryl methyl sites for hydroxylation is 1. The third-order valence-corrected chi connectivity index (χ3v) is 7.30. The first kappa shape index (κ1) is 17.5. The molecule has 0 N–H and O–H groups in total. The second-order valence-electron chi connectivity index (χ2n) is 7.41. The quantitative estimate of drug-likeness (QED) is 0.814. The number of hydrogen-bond acceptors (Lipinski definition) is 5. The van der Waals surface area contributed by atoms with Crippen molar-refractivity contribution in [3.05, 3.63) is 35.6 Å². The molecule has 26 heavy (non-hydrogen) atoms. The van der Waals surface area contributed by atoms with Crippen molar-refractivity contribution >= 4 is 26.7 Å². The number of amides is 1. The lowest BCUT2D eigenvalue weighted by Crippen LogP contribution is -2.52. The van der Waals surface area contributed by atoms with E-state index in [0.29, 0.717) is 25.3 Å². The summed E-state index contributed by atoms with van der Waals surface area (Å²) in [4.78, 5) is 16.8. The molecular weight excluding hydrogens is 352 g/mol. The summed E-state index contributed by atoms with van der Waals surface area (Å²) in [7, 11) is -2.87. The average molecular weight is 376 g/mol. The Morgan fingerprint density at radius 3 is 2.69 bits per heavy atom. The van der Waals surface area contributed by atoms with Crippen molar-refractivity contribution in [3.8, 4) is 0 Å². The van der Waals surface area contributed by atoms with Crippen LogP contribution >= 0.6 is 0 Å². The first-order valence-electron chi connectivity index (χ1n) is 9.10. The van der Waals surface area contributed by atoms with Gasteiger partial charge in [-0.3, -0.25) is 9.69 Å². The van der Waals surface area contributed by atoms with Crippen molar-refractivity contribution in [2.45, 2.75) is 25.8 Å². The summed E-state index contributed by atoms with van der Waals surface area (Å²) in [6.07, 6.45) is 2.74. The van der Waals surface area contributed by atoms with Gasteiger partial charge in [-0.15, -0.1) is 0 Å². The smallest absolute Gasteiger partial charge is 0.227 e. The lowest BCUT2D eigenvalue weighted by Gasteiger charge is -2.37. The minimum absolute atomic E-state index is 0.104. The molecular formula is C19H24N2O4S. The summed E-state index contributed by atoms with van der Waals surface area (Å²) in [5, 5.41) is 0.999. The van der Waals surface area contributed by atoms with Gasteiger partial charge in [-0.1, -0.05) is 12.1 Å². The normalized spacial score (nSPS) is 23.6. The SMILES string of the molecule is Cc1ccc2c(CC(=O)N3CCN(C4CCS(=O)(=O)C4)CC3)coc2c1. The minimum Gasteiger partial charge on any atom is -0.464 e. The van der Waals surface area contributed by atoms with Gasteiger partial charge in [0.15, 0.2) is 9.84 Å². The monoisotopic (exact) mass is 376 g/mol. The summed E-state index contributed by atoms with van der Waals surface area (Å²) in [5.74, 6) is 0.664. The van der Waals surface area contributed by atoms with E-state index in [1.54, 1.807) is 6.26 Å². The number of rotatable bonds is 3. The Morgan fingerprint density at radius 1 is 1.23 bits per heavy atom. The molecule has 0 saturated carbocycles. The number of hydrogen-bond donors (Lipinski definition) is 0. The number of carbonyl (C=O) groups is 1. The first-order chi connectivity index (χ1) is 12.4. The number of piperazine rings is 1. The van der Waals surface area contributed by atoms with Crippen LogP contribution in [-0.2, 0) is 21.1 Å². The summed E-state index contributed by atoms with van der Waals surface area (Å²) in [6.45, 7) is 4.82. The lowest BCUT2D eigenvalue weighted by atomic mass is 10.1. The highest BCUT2D eigenvalue weighted by Crippen LogP contribution is 2.24. The fourth-order valence-corrected chi connectivity index (χ4v) is 5.76. The van der Waals surface area contributed by atoms with Crippen LogP contribution in [0.2, 0.25) is 0 Å². The zero-order chi connectivity index (χ0) is 18.3. The number of nitrogens with zero attached hydrogens (tertiary/aromatic N) is 2. The second kappa shape index (κ2) is 6.70. The molecule has 1 atom stereocenters. The predicted molar refractivity (Wildman–Crippen MR) is 99.9 cm³/mol. The maximum atomic E-state index is 12.7. The standard InChI is InChI=1S/C19H24N2O4S/c1-14-2-3-17-15(12-25-18(17)10-14)11-19(22)21-7-5-20(6-8-21)16-4-9-26(23,24)13-16/h2-3,10,12,16H,4-9,11,13H2,1H3. The second-order valence-corrected chi connectivity index (χ2v) is 9.64. The van der Waals surface area contributed by atoms with Crippen molar-refractivity contribution < 1.29 is 17.6 Å². The molecule has 0 bridgehead atoms. The van der Waals surface area contributed by atoms with Gasteiger partial charge in [-0.2, -0.15) is 0 Å². The number of sulfone groups is 1. The zero-order valence-electron chi connectivity index (χ0n) is 15.0. The highest BCUT2D eigenvalue weighted by Gasteiger charge is 2.34. The van der Waals surface area contributed by atoms with Crippen molar-refractivity contribution in [1.82, 2.24) is 9.80 Å². The molecule has 140 valence electrons. The minimum atomic E-state index is -2.87. The van der Waals surface area contributed by atoms with Crippen LogP contribution in [-0.4, -0.2) is 67.9 Å². The van der Waals surface area contributed by atoms with Crippen molar-refractivity contribution in [2.75, 3.05) is 37.7 Å². The van der Waals surface area contributed by atoms with E-state index in [0.717, 1.165) is 41.6 Å². The molecule has 2 aromatic rings. The van der Waals surface area contributed by atoms with Crippen LogP contribution < -0.4 is 0 Å². The molecule has 2 aliphatic heterocycles. The van der Waals surface area contributed by atoms with Gasteiger partial charge >= 0.3 is 0 Å². The molecule has 1 amide bonds. The topological polar surface area (TPSA) is 70.8 Å². The Morgan fingerprint density at radius 2 is 2.00 bits per heavy atom. The summed E-state index contributed by atoms with van der Waals surface area (Å²) >= 11 is 0. The number of benzene rings is 1. The lowest BCUT2D eigenvalue weighted by molar-refractivity contribution is -0.132. The Balaban J connectivity index is 1.36. The van der Waals surface area contributed by atoms with Gasteiger partial charge in [-0.25, -0.2) is 8.42 Å². The zero-order valence-corrected chi connectivity index (χ0v) is 15.8. The van der Waals surface area contributed by atoms with Gasteiger partial charge in [0.1, 0.15) is 5.58 Å². The fraction of sp³-hybridized carbons (Fsp3) is 0.526. The summed E-state index contributed by atoms with van der Waals surface area (Å²) < 4.78 is 28.9. The van der Waals surface area contributed by atoms with Crippen LogP contribution in [0.25, 0.3) is 11.0 Å². The van der Waals surface area contributed by atoms with E-state index in [9.17, 15) is 13.2 Å². The van der Waals surface area contributed by atoms with Gasteiger partial charge in [-0.05, 0) is 25.0 Å². The third-order valence-electron chi connectivity index (χ3n) is 5.54. The molecule has 1 aromatic heterocycles. The van der Waals surface area contributed by atoms with Crippen LogP contribution in [0, 0.1) is 6.92 Å². The predicted octanol–water partition coefficient (Wildman–Crippen LogP) is 1.62.